The lowest BCUT2D eigenvalue weighted by atomic mass is 9.54. The highest BCUT2D eigenvalue weighted by atomic mass is 16.6. The van der Waals surface area contributed by atoms with Crippen LogP contribution in [0.4, 0.5) is 0 Å². The molecule has 0 aromatic rings. The van der Waals surface area contributed by atoms with Crippen LogP contribution < -0.4 is 0 Å². The predicted octanol–water partition coefficient (Wildman–Crippen LogP) is 0.706. The van der Waals surface area contributed by atoms with Crippen LogP contribution in [0, 0.1) is 35.5 Å². The molecule has 3 aliphatic carbocycles. The number of cyclic esters (lactones) is 4. The molecule has 0 N–H and O–H groups in total. The van der Waals surface area contributed by atoms with E-state index in [1.165, 1.54) is 0 Å². The number of hydrogen-bond donors (Lipinski definition) is 0. The van der Waals surface area contributed by atoms with Gasteiger partial charge in [0.05, 0.1) is 23.7 Å². The minimum atomic E-state index is -0.632. The minimum Gasteiger partial charge on any atom is -0.393 e. The molecule has 3 fully saturated rings. The van der Waals surface area contributed by atoms with Crippen molar-refractivity contribution >= 4 is 23.9 Å². The molecule has 0 radical (unpaired) electrons. The smallest absolute Gasteiger partial charge is 0.318 e. The molecule has 0 spiro atoms. The molecule has 5 rings (SSSR count). The first-order valence-electron chi connectivity index (χ1n) is 5.79. The summed E-state index contributed by atoms with van der Waals surface area (Å²) in [6.45, 7) is 0. The standard InChI is InChI=1S/C12H8O6.2CH4/c13-9-5-3-1-2-4(7(5)11(15)17-9)8-6(3)10(14)18-12(8)16;;/h1-8H;2*1H4. The zero-order chi connectivity index (χ0) is 12.6. The maximum atomic E-state index is 11.7. The second-order valence-electron chi connectivity index (χ2n) is 5.12. The van der Waals surface area contributed by atoms with E-state index in [1.807, 2.05) is 0 Å². The zero-order valence-electron chi connectivity index (χ0n) is 9.07. The maximum Gasteiger partial charge on any atom is 0.318 e. The van der Waals surface area contributed by atoms with Crippen LogP contribution in [-0.4, -0.2) is 23.9 Å². The van der Waals surface area contributed by atoms with Crippen LogP contribution in [0.15, 0.2) is 12.2 Å². The maximum absolute atomic E-state index is 11.7. The van der Waals surface area contributed by atoms with Crippen molar-refractivity contribution in [1.29, 1.82) is 0 Å². The molecule has 6 heteroatoms. The second kappa shape index (κ2) is 4.26. The van der Waals surface area contributed by atoms with Crippen LogP contribution in [0.3, 0.4) is 0 Å². The van der Waals surface area contributed by atoms with Crippen molar-refractivity contribution < 1.29 is 28.7 Å². The fourth-order valence-electron chi connectivity index (χ4n) is 3.83. The highest BCUT2D eigenvalue weighted by Gasteiger charge is 2.67. The number of carbonyl (C=O) groups excluding carboxylic acids is 4. The van der Waals surface area contributed by atoms with Crippen LogP contribution in [-0.2, 0) is 28.7 Å². The average Bonchev–Trinajstić information content (AvgIpc) is 2.81. The largest absolute Gasteiger partial charge is 0.393 e. The number of hydrogen-bond acceptors (Lipinski definition) is 6. The first kappa shape index (κ1) is 14.4. The Kier molecular flexibility index (Phi) is 3.07. The van der Waals surface area contributed by atoms with E-state index < -0.39 is 59.4 Å². The third-order valence-corrected chi connectivity index (χ3v) is 4.48. The third-order valence-electron chi connectivity index (χ3n) is 4.48. The fraction of sp³-hybridized carbons (Fsp3) is 0.571. The molecule has 0 amide bonds. The molecule has 108 valence electrons. The van der Waals surface area contributed by atoms with E-state index in [0.29, 0.717) is 0 Å². The Labute approximate surface area is 116 Å². The Balaban J connectivity index is 0.000000735. The molecule has 2 aliphatic heterocycles. The Morgan fingerprint density at radius 1 is 0.600 bits per heavy atom. The monoisotopic (exact) mass is 280 g/mol. The van der Waals surface area contributed by atoms with Gasteiger partial charge in [0.2, 0.25) is 0 Å². The van der Waals surface area contributed by atoms with Gasteiger partial charge in [-0.3, -0.25) is 19.2 Å². The number of carbonyl (C=O) groups is 4. The van der Waals surface area contributed by atoms with E-state index in [4.69, 9.17) is 0 Å². The van der Waals surface area contributed by atoms with Gasteiger partial charge in [-0.25, -0.2) is 0 Å². The highest BCUT2D eigenvalue weighted by molar-refractivity contribution is 6.03. The van der Waals surface area contributed by atoms with E-state index in [1.54, 1.807) is 12.2 Å². The summed E-state index contributed by atoms with van der Waals surface area (Å²) in [6.07, 6.45) is 3.49. The Hall–Kier alpha value is -1.98. The molecule has 1 saturated carbocycles. The van der Waals surface area contributed by atoms with Gasteiger partial charge in [-0.1, -0.05) is 27.0 Å². The van der Waals surface area contributed by atoms with Crippen molar-refractivity contribution in [2.75, 3.05) is 0 Å². The van der Waals surface area contributed by atoms with Crippen molar-refractivity contribution in [1.82, 2.24) is 0 Å². The lowest BCUT2D eigenvalue weighted by Crippen LogP contribution is -2.50. The number of rotatable bonds is 0. The molecular weight excluding hydrogens is 264 g/mol. The first-order chi connectivity index (χ1) is 8.59. The lowest BCUT2D eigenvalue weighted by molar-refractivity contribution is -0.154. The number of ether oxygens (including phenoxy) is 2. The van der Waals surface area contributed by atoms with Gasteiger partial charge in [0, 0.05) is 11.8 Å². The molecule has 2 saturated heterocycles. The SMILES string of the molecule is C.C.O=C1OC(=O)C2C3C=CC(C12)C1C(=O)OC(=O)C31. The molecule has 0 aromatic carbocycles. The Morgan fingerprint density at radius 3 is 1.10 bits per heavy atom. The van der Waals surface area contributed by atoms with E-state index in [2.05, 4.69) is 9.47 Å². The van der Waals surface area contributed by atoms with Gasteiger partial charge in [-0.15, -0.1) is 0 Å². The van der Waals surface area contributed by atoms with Gasteiger partial charge in [0.25, 0.3) is 0 Å². The predicted molar refractivity (Wildman–Crippen MR) is 65.7 cm³/mol. The Morgan fingerprint density at radius 2 is 0.850 bits per heavy atom. The molecule has 4 unspecified atom stereocenters. The average molecular weight is 280 g/mol. The molecule has 6 nitrogen and oxygen atoms in total. The summed E-state index contributed by atoms with van der Waals surface area (Å²) in [6, 6.07) is 0. The second-order valence-corrected chi connectivity index (χ2v) is 5.12. The summed E-state index contributed by atoms with van der Waals surface area (Å²) in [4.78, 5) is 46.7. The Bertz CT molecular complexity index is 460. The number of esters is 4. The highest BCUT2D eigenvalue weighted by Crippen LogP contribution is 2.56. The lowest BCUT2D eigenvalue weighted by Gasteiger charge is -2.42. The summed E-state index contributed by atoms with van der Waals surface area (Å²) < 4.78 is 9.29. The van der Waals surface area contributed by atoms with Crippen molar-refractivity contribution in [2.45, 2.75) is 14.9 Å². The van der Waals surface area contributed by atoms with Crippen LogP contribution >= 0.6 is 0 Å². The van der Waals surface area contributed by atoms with Crippen molar-refractivity contribution in [3.05, 3.63) is 12.2 Å². The topological polar surface area (TPSA) is 86.7 Å². The summed E-state index contributed by atoms with van der Waals surface area (Å²) >= 11 is 0. The normalized spacial score (nSPS) is 43.2. The number of allylic oxidation sites excluding steroid dienone is 2. The van der Waals surface area contributed by atoms with E-state index in [9.17, 15) is 19.2 Å². The van der Waals surface area contributed by atoms with Crippen LogP contribution in [0.2, 0.25) is 0 Å². The van der Waals surface area contributed by atoms with E-state index >= 15 is 0 Å². The molecular formula is C14H16O6. The van der Waals surface area contributed by atoms with E-state index in [-0.39, 0.29) is 14.9 Å². The van der Waals surface area contributed by atoms with Gasteiger partial charge in [-0.05, 0) is 0 Å². The fourth-order valence-corrected chi connectivity index (χ4v) is 3.83. The molecule has 2 heterocycles. The van der Waals surface area contributed by atoms with Crippen molar-refractivity contribution in [3.8, 4) is 0 Å². The summed E-state index contributed by atoms with van der Waals surface area (Å²) in [5.74, 6) is -5.79. The third kappa shape index (κ3) is 1.39. The minimum absolute atomic E-state index is 0. The summed E-state index contributed by atoms with van der Waals surface area (Å²) in [5, 5.41) is 0. The zero-order valence-corrected chi connectivity index (χ0v) is 9.07. The van der Waals surface area contributed by atoms with Gasteiger partial charge >= 0.3 is 23.9 Å². The van der Waals surface area contributed by atoms with Gasteiger partial charge in [0.15, 0.2) is 0 Å². The van der Waals surface area contributed by atoms with Gasteiger partial charge in [0.1, 0.15) is 0 Å². The van der Waals surface area contributed by atoms with Crippen molar-refractivity contribution in [2.24, 2.45) is 35.5 Å². The molecule has 20 heavy (non-hydrogen) atoms. The van der Waals surface area contributed by atoms with Crippen LogP contribution in [0.1, 0.15) is 14.9 Å². The van der Waals surface area contributed by atoms with Crippen LogP contribution in [0.25, 0.3) is 0 Å². The van der Waals surface area contributed by atoms with E-state index in [0.717, 1.165) is 0 Å². The molecule has 4 atom stereocenters. The van der Waals surface area contributed by atoms with Gasteiger partial charge < -0.3 is 9.47 Å². The molecule has 2 bridgehead atoms. The van der Waals surface area contributed by atoms with Crippen molar-refractivity contribution in [3.63, 3.8) is 0 Å². The summed E-state index contributed by atoms with van der Waals surface area (Å²) in [5.41, 5.74) is 0. The molecule has 5 aliphatic rings. The van der Waals surface area contributed by atoms with Crippen LogP contribution in [0.5, 0.6) is 0 Å². The quantitative estimate of drug-likeness (QED) is 0.369. The summed E-state index contributed by atoms with van der Waals surface area (Å²) in [7, 11) is 0. The first-order valence-corrected chi connectivity index (χ1v) is 5.79. The molecule has 0 aromatic heterocycles. The van der Waals surface area contributed by atoms with Gasteiger partial charge in [-0.2, -0.15) is 0 Å².